The maximum absolute atomic E-state index is 5.56. The Bertz CT molecular complexity index is 618. The van der Waals surface area contributed by atoms with Gasteiger partial charge in [0, 0.05) is 18.2 Å². The third-order valence-corrected chi connectivity index (χ3v) is 4.93. The number of aliphatic imine (C=N–C) groups is 1. The molecule has 1 atom stereocenters. The van der Waals surface area contributed by atoms with Crippen molar-refractivity contribution in [3.8, 4) is 17.2 Å². The lowest BCUT2D eigenvalue weighted by atomic mass is 10.1. The van der Waals surface area contributed by atoms with Crippen molar-refractivity contribution in [3.05, 3.63) is 17.7 Å². The van der Waals surface area contributed by atoms with Gasteiger partial charge in [-0.1, -0.05) is 13.8 Å². The van der Waals surface area contributed by atoms with Crippen LogP contribution in [0.3, 0.4) is 0 Å². The molecule has 0 heterocycles. The number of hydrogen-bond donors (Lipinski definition) is 2. The number of benzene rings is 1. The average Bonchev–Trinajstić information content (AvgIpc) is 2.74. The van der Waals surface area contributed by atoms with Crippen LogP contribution in [0.1, 0.15) is 46.1 Å². The molecule has 1 rings (SSSR count). The summed E-state index contributed by atoms with van der Waals surface area (Å²) >= 11 is 0. The van der Waals surface area contributed by atoms with E-state index < -0.39 is 0 Å². The second-order valence-corrected chi connectivity index (χ2v) is 6.90. The molecule has 0 bridgehead atoms. The average molecular weight is 409 g/mol. The van der Waals surface area contributed by atoms with Gasteiger partial charge in [-0.25, -0.2) is 4.99 Å². The molecule has 2 N–H and O–H groups in total. The molecule has 166 valence electrons. The van der Waals surface area contributed by atoms with Gasteiger partial charge in [-0.05, 0) is 58.5 Å². The van der Waals surface area contributed by atoms with Crippen LogP contribution in [0.5, 0.6) is 17.2 Å². The first kappa shape index (κ1) is 24.9. The van der Waals surface area contributed by atoms with Crippen molar-refractivity contribution in [2.45, 2.75) is 53.1 Å². The van der Waals surface area contributed by atoms with E-state index in [9.17, 15) is 0 Å². The van der Waals surface area contributed by atoms with Gasteiger partial charge < -0.3 is 29.7 Å². The van der Waals surface area contributed by atoms with Crippen molar-refractivity contribution in [1.82, 2.24) is 15.5 Å². The molecule has 0 aliphatic heterocycles. The van der Waals surface area contributed by atoms with Crippen molar-refractivity contribution < 1.29 is 14.2 Å². The van der Waals surface area contributed by atoms with Gasteiger partial charge >= 0.3 is 0 Å². The molecule has 29 heavy (non-hydrogen) atoms. The van der Waals surface area contributed by atoms with E-state index in [1.54, 1.807) is 21.3 Å². The van der Waals surface area contributed by atoms with E-state index in [0.717, 1.165) is 44.1 Å². The highest BCUT2D eigenvalue weighted by Crippen LogP contribution is 2.39. The lowest BCUT2D eigenvalue weighted by molar-refractivity contribution is 0.292. The predicted molar refractivity (Wildman–Crippen MR) is 121 cm³/mol. The van der Waals surface area contributed by atoms with Crippen molar-refractivity contribution in [1.29, 1.82) is 0 Å². The molecule has 0 aromatic heterocycles. The zero-order valence-corrected chi connectivity index (χ0v) is 19.3. The summed E-state index contributed by atoms with van der Waals surface area (Å²) in [6.45, 7) is 13.3. The topological polar surface area (TPSA) is 67.4 Å². The minimum Gasteiger partial charge on any atom is -0.493 e. The van der Waals surface area contributed by atoms with Crippen LogP contribution < -0.4 is 24.8 Å². The lowest BCUT2D eigenvalue weighted by Crippen LogP contribution is -2.42. The smallest absolute Gasteiger partial charge is 0.203 e. The Morgan fingerprint density at radius 3 is 2.28 bits per heavy atom. The summed E-state index contributed by atoms with van der Waals surface area (Å²) in [5.41, 5.74) is 0.941. The molecule has 7 heteroatoms. The first-order valence-electron chi connectivity index (χ1n) is 10.6. The highest BCUT2D eigenvalue weighted by Gasteiger charge is 2.16. The lowest BCUT2D eigenvalue weighted by Gasteiger charge is -2.21. The standard InChI is InChI=1S/C22H40N4O3/c1-8-23-22(25-17(4)12-11-15-26(9-2)10-3)24-16-18-13-14-19(27-5)21(29-7)20(18)28-6/h13-14,17H,8-12,15-16H2,1-7H3,(H2,23,24,25). The Morgan fingerprint density at radius 2 is 1.72 bits per heavy atom. The molecule has 7 nitrogen and oxygen atoms in total. The van der Waals surface area contributed by atoms with Gasteiger partial charge in [-0.15, -0.1) is 0 Å². The van der Waals surface area contributed by atoms with E-state index in [2.05, 4.69) is 43.2 Å². The summed E-state index contributed by atoms with van der Waals surface area (Å²) in [5.74, 6) is 2.69. The third-order valence-electron chi connectivity index (χ3n) is 4.93. The number of ether oxygens (including phenoxy) is 3. The van der Waals surface area contributed by atoms with Crippen LogP contribution in [0, 0.1) is 0 Å². The summed E-state index contributed by atoms with van der Waals surface area (Å²) < 4.78 is 16.4. The first-order chi connectivity index (χ1) is 14.0. The predicted octanol–water partition coefficient (Wildman–Crippen LogP) is 3.28. The molecule has 0 amide bonds. The van der Waals surface area contributed by atoms with E-state index in [1.165, 1.54) is 6.42 Å². The highest BCUT2D eigenvalue weighted by atomic mass is 16.5. The summed E-state index contributed by atoms with van der Waals surface area (Å²) in [7, 11) is 4.86. The summed E-state index contributed by atoms with van der Waals surface area (Å²) in [6, 6.07) is 4.18. The number of hydrogen-bond acceptors (Lipinski definition) is 5. The molecular weight excluding hydrogens is 368 g/mol. The molecule has 0 aliphatic rings. The number of nitrogens with zero attached hydrogens (tertiary/aromatic N) is 2. The maximum atomic E-state index is 5.56. The summed E-state index contributed by atoms with van der Waals surface area (Å²) in [5, 5.41) is 6.84. The number of nitrogens with one attached hydrogen (secondary N) is 2. The van der Waals surface area contributed by atoms with Crippen molar-refractivity contribution in [2.75, 3.05) is 47.5 Å². The van der Waals surface area contributed by atoms with Gasteiger partial charge in [-0.3, -0.25) is 0 Å². The number of methoxy groups -OCH3 is 3. The Kier molecular flexibility index (Phi) is 12.0. The van der Waals surface area contributed by atoms with Gasteiger partial charge in [0.2, 0.25) is 5.75 Å². The highest BCUT2D eigenvalue weighted by molar-refractivity contribution is 5.80. The van der Waals surface area contributed by atoms with Gasteiger partial charge in [0.1, 0.15) is 0 Å². The van der Waals surface area contributed by atoms with Crippen LogP contribution in [0.25, 0.3) is 0 Å². The summed E-state index contributed by atoms with van der Waals surface area (Å²) in [6.07, 6.45) is 2.26. The van der Waals surface area contributed by atoms with E-state index in [4.69, 9.17) is 19.2 Å². The first-order valence-corrected chi connectivity index (χ1v) is 10.6. The Morgan fingerprint density at radius 1 is 1.03 bits per heavy atom. The zero-order valence-electron chi connectivity index (χ0n) is 19.3. The minimum absolute atomic E-state index is 0.343. The molecule has 1 unspecified atom stereocenters. The molecule has 1 aromatic carbocycles. The zero-order chi connectivity index (χ0) is 21.6. The monoisotopic (exact) mass is 408 g/mol. The quantitative estimate of drug-likeness (QED) is 0.386. The second-order valence-electron chi connectivity index (χ2n) is 6.90. The normalized spacial score (nSPS) is 12.6. The van der Waals surface area contributed by atoms with E-state index in [1.807, 2.05) is 12.1 Å². The Balaban J connectivity index is 2.79. The molecule has 0 aliphatic carbocycles. The van der Waals surface area contributed by atoms with Crippen LogP contribution in [-0.4, -0.2) is 64.4 Å². The second kappa shape index (κ2) is 13.9. The third kappa shape index (κ3) is 8.01. The van der Waals surface area contributed by atoms with Crippen molar-refractivity contribution >= 4 is 5.96 Å². The molecular formula is C22H40N4O3. The van der Waals surface area contributed by atoms with E-state index in [0.29, 0.717) is 29.8 Å². The molecule has 0 spiro atoms. The number of guanidine groups is 1. The molecule has 0 radical (unpaired) electrons. The SMILES string of the molecule is CCNC(=NCc1ccc(OC)c(OC)c1OC)NC(C)CCCN(CC)CC. The van der Waals surface area contributed by atoms with Crippen LogP contribution in [0.4, 0.5) is 0 Å². The van der Waals surface area contributed by atoms with Crippen LogP contribution >= 0.6 is 0 Å². The maximum Gasteiger partial charge on any atom is 0.203 e. The van der Waals surface area contributed by atoms with Crippen molar-refractivity contribution in [2.24, 2.45) is 4.99 Å². The molecule has 0 fully saturated rings. The van der Waals surface area contributed by atoms with E-state index in [-0.39, 0.29) is 0 Å². The molecule has 1 aromatic rings. The summed E-state index contributed by atoms with van der Waals surface area (Å²) in [4.78, 5) is 7.20. The fourth-order valence-electron chi connectivity index (χ4n) is 3.24. The van der Waals surface area contributed by atoms with E-state index >= 15 is 0 Å². The van der Waals surface area contributed by atoms with Gasteiger partial charge in [0.05, 0.1) is 27.9 Å². The Labute approximate surface area is 176 Å². The fraction of sp³-hybridized carbons (Fsp3) is 0.682. The van der Waals surface area contributed by atoms with Crippen molar-refractivity contribution in [3.63, 3.8) is 0 Å². The van der Waals surface area contributed by atoms with Gasteiger partial charge in [0.15, 0.2) is 17.5 Å². The number of rotatable bonds is 13. The van der Waals surface area contributed by atoms with Crippen LogP contribution in [0.2, 0.25) is 0 Å². The fourth-order valence-corrected chi connectivity index (χ4v) is 3.24. The van der Waals surface area contributed by atoms with Crippen LogP contribution in [-0.2, 0) is 6.54 Å². The van der Waals surface area contributed by atoms with Gasteiger partial charge in [0.25, 0.3) is 0 Å². The largest absolute Gasteiger partial charge is 0.493 e. The molecule has 0 saturated heterocycles. The Hall–Kier alpha value is -2.15. The van der Waals surface area contributed by atoms with Gasteiger partial charge in [-0.2, -0.15) is 0 Å². The molecule has 0 saturated carbocycles. The van der Waals surface area contributed by atoms with Crippen LogP contribution in [0.15, 0.2) is 17.1 Å². The minimum atomic E-state index is 0.343.